The Morgan fingerprint density at radius 3 is 2.86 bits per heavy atom. The lowest BCUT2D eigenvalue weighted by atomic mass is 9.99. The predicted molar refractivity (Wildman–Crippen MR) is 79.4 cm³/mol. The molecule has 6 heteroatoms. The van der Waals surface area contributed by atoms with E-state index in [1.165, 1.54) is 25.0 Å². The Hall–Kier alpha value is -1.66. The van der Waals surface area contributed by atoms with Crippen LogP contribution in [0.25, 0.3) is 0 Å². The number of benzene rings is 1. The van der Waals surface area contributed by atoms with Crippen LogP contribution in [-0.2, 0) is 0 Å². The smallest absolute Gasteiger partial charge is 0.273 e. The van der Waals surface area contributed by atoms with Gasteiger partial charge in [0.25, 0.3) is 5.69 Å². The van der Waals surface area contributed by atoms with Crippen LogP contribution in [0.5, 0.6) is 5.75 Å². The molecule has 0 spiro atoms. The standard InChI is InChI=1S/C15H22N2O4/c1-12-5-7-16(8-6-12)10-14(18)11-21-15-4-2-3-13(9-15)17(19)20/h2-4,9,12,14,18H,5-8,10-11H2,1H3. The molecule has 116 valence electrons. The molecule has 1 aliphatic heterocycles. The zero-order valence-corrected chi connectivity index (χ0v) is 12.3. The summed E-state index contributed by atoms with van der Waals surface area (Å²) in [6.45, 7) is 5.00. The molecule has 1 atom stereocenters. The van der Waals surface area contributed by atoms with Gasteiger partial charge in [-0.25, -0.2) is 0 Å². The molecule has 0 saturated carbocycles. The molecule has 1 fully saturated rings. The fourth-order valence-electron chi connectivity index (χ4n) is 2.47. The van der Waals surface area contributed by atoms with E-state index in [0.29, 0.717) is 12.3 Å². The number of aliphatic hydroxyl groups excluding tert-OH is 1. The number of rotatable bonds is 6. The summed E-state index contributed by atoms with van der Waals surface area (Å²) in [4.78, 5) is 12.5. The highest BCUT2D eigenvalue weighted by atomic mass is 16.6. The molecule has 0 bridgehead atoms. The largest absolute Gasteiger partial charge is 0.491 e. The normalized spacial score (nSPS) is 18.4. The van der Waals surface area contributed by atoms with Crippen LogP contribution in [0.4, 0.5) is 5.69 Å². The number of likely N-dealkylation sites (tertiary alicyclic amines) is 1. The summed E-state index contributed by atoms with van der Waals surface area (Å²) >= 11 is 0. The number of hydrogen-bond acceptors (Lipinski definition) is 5. The van der Waals surface area contributed by atoms with E-state index < -0.39 is 11.0 Å². The van der Waals surface area contributed by atoms with Gasteiger partial charge in [-0.3, -0.25) is 10.1 Å². The minimum atomic E-state index is -0.585. The van der Waals surface area contributed by atoms with Crippen molar-refractivity contribution in [1.82, 2.24) is 4.90 Å². The van der Waals surface area contributed by atoms with Crippen molar-refractivity contribution in [3.8, 4) is 5.75 Å². The number of aliphatic hydroxyl groups is 1. The van der Waals surface area contributed by atoms with Crippen LogP contribution in [0, 0.1) is 16.0 Å². The van der Waals surface area contributed by atoms with Crippen LogP contribution in [0.3, 0.4) is 0 Å². The van der Waals surface area contributed by atoms with E-state index in [9.17, 15) is 15.2 Å². The number of hydrogen-bond donors (Lipinski definition) is 1. The maximum absolute atomic E-state index is 10.7. The van der Waals surface area contributed by atoms with Crippen LogP contribution in [0.1, 0.15) is 19.8 Å². The first-order valence-electron chi connectivity index (χ1n) is 7.32. The molecule has 1 saturated heterocycles. The summed E-state index contributed by atoms with van der Waals surface area (Å²) in [5.41, 5.74) is -0.00740. The van der Waals surface area contributed by atoms with Crippen LogP contribution in [0.2, 0.25) is 0 Å². The Labute approximate surface area is 124 Å². The molecular weight excluding hydrogens is 272 g/mol. The molecule has 0 amide bonds. The SMILES string of the molecule is CC1CCN(CC(O)COc2cccc([N+](=O)[O-])c2)CC1. The third-order valence-corrected chi connectivity index (χ3v) is 3.82. The van der Waals surface area contributed by atoms with Gasteiger partial charge in [0.15, 0.2) is 0 Å². The number of piperidine rings is 1. The van der Waals surface area contributed by atoms with Gasteiger partial charge < -0.3 is 14.7 Å². The minimum absolute atomic E-state index is 0.00740. The number of nitro groups is 1. The van der Waals surface area contributed by atoms with E-state index in [-0.39, 0.29) is 12.3 Å². The number of nitrogens with zero attached hydrogens (tertiary/aromatic N) is 2. The van der Waals surface area contributed by atoms with E-state index in [0.717, 1.165) is 19.0 Å². The van der Waals surface area contributed by atoms with Gasteiger partial charge in [-0.05, 0) is 37.9 Å². The lowest BCUT2D eigenvalue weighted by Gasteiger charge is -2.31. The van der Waals surface area contributed by atoms with Crippen molar-refractivity contribution < 1.29 is 14.8 Å². The number of ether oxygens (including phenoxy) is 1. The van der Waals surface area contributed by atoms with Crippen LogP contribution >= 0.6 is 0 Å². The van der Waals surface area contributed by atoms with Crippen molar-refractivity contribution >= 4 is 5.69 Å². The Kier molecular flexibility index (Phi) is 5.52. The topological polar surface area (TPSA) is 75.8 Å². The molecule has 21 heavy (non-hydrogen) atoms. The molecule has 1 aliphatic rings. The Morgan fingerprint density at radius 2 is 2.19 bits per heavy atom. The van der Waals surface area contributed by atoms with Crippen LogP contribution < -0.4 is 4.74 Å². The fraction of sp³-hybridized carbons (Fsp3) is 0.600. The summed E-state index contributed by atoms with van der Waals surface area (Å²) in [6.07, 6.45) is 1.74. The first-order chi connectivity index (χ1) is 10.0. The summed E-state index contributed by atoms with van der Waals surface area (Å²) in [5.74, 6) is 1.18. The highest BCUT2D eigenvalue weighted by molar-refractivity contribution is 5.37. The van der Waals surface area contributed by atoms with Gasteiger partial charge in [0.2, 0.25) is 0 Å². The summed E-state index contributed by atoms with van der Waals surface area (Å²) in [6, 6.07) is 6.02. The van der Waals surface area contributed by atoms with Gasteiger partial charge in [-0.15, -0.1) is 0 Å². The molecule has 1 unspecified atom stereocenters. The van der Waals surface area contributed by atoms with E-state index in [4.69, 9.17) is 4.74 Å². The van der Waals surface area contributed by atoms with Crippen molar-refractivity contribution in [2.45, 2.75) is 25.9 Å². The average molecular weight is 294 g/mol. The highest BCUT2D eigenvalue weighted by Crippen LogP contribution is 2.19. The zero-order chi connectivity index (χ0) is 15.2. The van der Waals surface area contributed by atoms with Crippen LogP contribution in [0.15, 0.2) is 24.3 Å². The molecule has 2 rings (SSSR count). The summed E-state index contributed by atoms with van der Waals surface area (Å²) in [5, 5.41) is 20.7. The number of non-ortho nitro benzene ring substituents is 1. The van der Waals surface area contributed by atoms with Crippen molar-refractivity contribution in [1.29, 1.82) is 0 Å². The van der Waals surface area contributed by atoms with Crippen molar-refractivity contribution in [2.75, 3.05) is 26.2 Å². The molecular formula is C15H22N2O4. The fourth-order valence-corrected chi connectivity index (χ4v) is 2.47. The minimum Gasteiger partial charge on any atom is -0.491 e. The maximum Gasteiger partial charge on any atom is 0.273 e. The Morgan fingerprint density at radius 1 is 1.48 bits per heavy atom. The lowest BCUT2D eigenvalue weighted by Crippen LogP contribution is -2.40. The van der Waals surface area contributed by atoms with Gasteiger partial charge in [-0.2, -0.15) is 0 Å². The Bertz CT molecular complexity index is 472. The second-order valence-electron chi connectivity index (χ2n) is 5.70. The van der Waals surface area contributed by atoms with Crippen LogP contribution in [-0.4, -0.2) is 47.3 Å². The van der Waals surface area contributed by atoms with Crippen molar-refractivity contribution in [2.24, 2.45) is 5.92 Å². The van der Waals surface area contributed by atoms with Gasteiger partial charge in [0.05, 0.1) is 11.0 Å². The molecule has 1 aromatic carbocycles. The van der Waals surface area contributed by atoms with E-state index in [1.54, 1.807) is 12.1 Å². The first-order valence-corrected chi connectivity index (χ1v) is 7.32. The lowest BCUT2D eigenvalue weighted by molar-refractivity contribution is -0.384. The third kappa shape index (κ3) is 4.99. The average Bonchev–Trinajstić information content (AvgIpc) is 2.48. The second kappa shape index (κ2) is 7.38. The molecule has 1 N–H and O–H groups in total. The molecule has 0 aliphatic carbocycles. The van der Waals surface area contributed by atoms with E-state index >= 15 is 0 Å². The maximum atomic E-state index is 10.7. The zero-order valence-electron chi connectivity index (χ0n) is 12.3. The van der Waals surface area contributed by atoms with Crippen molar-refractivity contribution in [3.63, 3.8) is 0 Å². The number of β-amino-alcohol motifs (C(OH)–C–C–N with tert-alkyl or cyclic N) is 1. The molecule has 0 radical (unpaired) electrons. The van der Waals surface area contributed by atoms with Gasteiger partial charge in [0, 0.05) is 12.6 Å². The number of nitro benzene ring substituents is 1. The summed E-state index contributed by atoms with van der Waals surface area (Å²) in [7, 11) is 0. The highest BCUT2D eigenvalue weighted by Gasteiger charge is 2.18. The molecule has 1 aromatic rings. The van der Waals surface area contributed by atoms with Gasteiger partial charge >= 0.3 is 0 Å². The van der Waals surface area contributed by atoms with Gasteiger partial charge in [0.1, 0.15) is 18.5 Å². The predicted octanol–water partition coefficient (Wildman–Crippen LogP) is 2.07. The summed E-state index contributed by atoms with van der Waals surface area (Å²) < 4.78 is 5.44. The molecule has 6 nitrogen and oxygen atoms in total. The Balaban J connectivity index is 1.77. The third-order valence-electron chi connectivity index (χ3n) is 3.82. The molecule has 1 heterocycles. The van der Waals surface area contributed by atoms with Gasteiger partial charge in [-0.1, -0.05) is 13.0 Å². The van der Waals surface area contributed by atoms with Crippen molar-refractivity contribution in [3.05, 3.63) is 34.4 Å². The van der Waals surface area contributed by atoms with E-state index in [1.807, 2.05) is 0 Å². The second-order valence-corrected chi connectivity index (χ2v) is 5.70. The molecule has 0 aromatic heterocycles. The quantitative estimate of drug-likeness (QED) is 0.642. The first kappa shape index (κ1) is 15.7. The monoisotopic (exact) mass is 294 g/mol. The van der Waals surface area contributed by atoms with E-state index in [2.05, 4.69) is 11.8 Å².